The lowest BCUT2D eigenvalue weighted by atomic mass is 9.98. The summed E-state index contributed by atoms with van der Waals surface area (Å²) in [4.78, 5) is 34.1. The number of amides is 3. The normalized spacial score (nSPS) is 17.6. The van der Waals surface area contributed by atoms with E-state index in [2.05, 4.69) is 20.7 Å². The van der Waals surface area contributed by atoms with Crippen LogP contribution in [0.3, 0.4) is 0 Å². The third kappa shape index (κ3) is 4.20. The topological polar surface area (TPSA) is 96.5 Å². The average Bonchev–Trinajstić information content (AvgIpc) is 2.49. The van der Waals surface area contributed by atoms with Gasteiger partial charge in [0.15, 0.2) is 0 Å². The van der Waals surface area contributed by atoms with Crippen LogP contribution in [-0.2, 0) is 14.3 Å². The van der Waals surface area contributed by atoms with Crippen molar-refractivity contribution in [2.45, 2.75) is 12.8 Å². The number of ether oxygens (including phenoxy) is 1. The molecule has 0 radical (unpaired) electrons. The molecule has 1 aliphatic rings. The zero-order valence-corrected chi connectivity index (χ0v) is 11.6. The van der Waals surface area contributed by atoms with Gasteiger partial charge in [-0.1, -0.05) is 0 Å². The van der Waals surface area contributed by atoms with Gasteiger partial charge in [0.05, 0.1) is 13.0 Å². The smallest absolute Gasteiger partial charge is 0.411 e. The minimum absolute atomic E-state index is 0.0164. The second kappa shape index (κ2) is 6.74. The van der Waals surface area contributed by atoms with Gasteiger partial charge in [0, 0.05) is 24.3 Å². The summed E-state index contributed by atoms with van der Waals surface area (Å²) < 4.78 is 4.48. The van der Waals surface area contributed by atoms with E-state index in [-0.39, 0.29) is 17.7 Å². The van der Waals surface area contributed by atoms with Gasteiger partial charge in [-0.15, -0.1) is 0 Å². The van der Waals surface area contributed by atoms with Crippen molar-refractivity contribution in [1.29, 1.82) is 0 Å². The molecule has 0 bridgehead atoms. The third-order valence-electron chi connectivity index (χ3n) is 3.22. The standard InChI is InChI=1S/C14H17N3O4/c1-21-14(20)17-11-5-3-10(4-6-11)16-13(19)9-2-7-12(18)15-8-9/h3-6,9H,2,7-8H2,1H3,(H,15,18)(H,16,19)(H,17,20). The van der Waals surface area contributed by atoms with Crippen molar-refractivity contribution in [2.75, 3.05) is 24.3 Å². The Labute approximate surface area is 122 Å². The predicted molar refractivity (Wildman–Crippen MR) is 76.8 cm³/mol. The van der Waals surface area contributed by atoms with Crippen LogP contribution in [0.2, 0.25) is 0 Å². The number of rotatable bonds is 3. The lowest BCUT2D eigenvalue weighted by Gasteiger charge is -2.21. The van der Waals surface area contributed by atoms with E-state index >= 15 is 0 Å². The second-order valence-electron chi connectivity index (χ2n) is 4.72. The van der Waals surface area contributed by atoms with E-state index in [1.165, 1.54) is 7.11 Å². The minimum Gasteiger partial charge on any atom is -0.453 e. The van der Waals surface area contributed by atoms with E-state index in [0.717, 1.165) is 0 Å². The number of benzene rings is 1. The maximum absolute atomic E-state index is 12.0. The second-order valence-corrected chi connectivity index (χ2v) is 4.72. The summed E-state index contributed by atoms with van der Waals surface area (Å²) in [6.07, 6.45) is 0.379. The number of anilines is 2. The van der Waals surface area contributed by atoms with Crippen LogP contribution in [0.25, 0.3) is 0 Å². The average molecular weight is 291 g/mol. The van der Waals surface area contributed by atoms with Crippen molar-refractivity contribution < 1.29 is 19.1 Å². The number of carbonyl (C=O) groups is 3. The lowest BCUT2D eigenvalue weighted by Crippen LogP contribution is -2.40. The molecule has 3 N–H and O–H groups in total. The summed E-state index contributed by atoms with van der Waals surface area (Å²) in [6.45, 7) is 0.368. The molecule has 0 spiro atoms. The molecule has 1 aromatic carbocycles. The zero-order chi connectivity index (χ0) is 15.2. The summed E-state index contributed by atoms with van der Waals surface area (Å²) in [5, 5.41) is 7.98. The van der Waals surface area contributed by atoms with Crippen molar-refractivity contribution in [3.63, 3.8) is 0 Å². The number of hydrogen-bond donors (Lipinski definition) is 3. The van der Waals surface area contributed by atoms with Gasteiger partial charge in [0.1, 0.15) is 0 Å². The van der Waals surface area contributed by atoms with Crippen molar-refractivity contribution in [1.82, 2.24) is 5.32 Å². The highest BCUT2D eigenvalue weighted by atomic mass is 16.5. The van der Waals surface area contributed by atoms with Crippen molar-refractivity contribution in [2.24, 2.45) is 5.92 Å². The summed E-state index contributed by atoms with van der Waals surface area (Å²) >= 11 is 0. The van der Waals surface area contributed by atoms with Gasteiger partial charge < -0.3 is 15.4 Å². The van der Waals surface area contributed by atoms with Gasteiger partial charge in [-0.25, -0.2) is 4.79 Å². The first-order valence-electron chi connectivity index (χ1n) is 6.61. The number of nitrogens with one attached hydrogen (secondary N) is 3. The fourth-order valence-electron chi connectivity index (χ4n) is 2.01. The summed E-state index contributed by atoms with van der Waals surface area (Å²) in [5.74, 6) is -0.350. The van der Waals surface area contributed by atoms with E-state index in [0.29, 0.717) is 30.8 Å². The number of piperidine rings is 1. The van der Waals surface area contributed by atoms with Crippen LogP contribution in [0.5, 0.6) is 0 Å². The van der Waals surface area contributed by atoms with Crippen LogP contribution in [0.1, 0.15) is 12.8 Å². The van der Waals surface area contributed by atoms with Crippen LogP contribution >= 0.6 is 0 Å². The number of carbonyl (C=O) groups excluding carboxylic acids is 3. The molecule has 21 heavy (non-hydrogen) atoms. The van der Waals surface area contributed by atoms with Crippen LogP contribution in [0.4, 0.5) is 16.2 Å². The molecule has 0 aliphatic carbocycles. The largest absolute Gasteiger partial charge is 0.453 e. The Morgan fingerprint density at radius 3 is 2.33 bits per heavy atom. The fraction of sp³-hybridized carbons (Fsp3) is 0.357. The lowest BCUT2D eigenvalue weighted by molar-refractivity contribution is -0.126. The molecular formula is C14H17N3O4. The Morgan fingerprint density at radius 2 is 1.81 bits per heavy atom. The fourth-order valence-corrected chi connectivity index (χ4v) is 2.01. The molecule has 1 aromatic rings. The van der Waals surface area contributed by atoms with Crippen molar-refractivity contribution >= 4 is 29.3 Å². The molecule has 7 nitrogen and oxygen atoms in total. The van der Waals surface area contributed by atoms with Crippen molar-refractivity contribution in [3.05, 3.63) is 24.3 Å². The molecule has 1 heterocycles. The van der Waals surface area contributed by atoms with E-state index in [1.807, 2.05) is 0 Å². The monoisotopic (exact) mass is 291 g/mol. The van der Waals surface area contributed by atoms with E-state index in [4.69, 9.17) is 0 Å². The van der Waals surface area contributed by atoms with Gasteiger partial charge in [-0.3, -0.25) is 14.9 Å². The molecular weight excluding hydrogens is 274 g/mol. The third-order valence-corrected chi connectivity index (χ3v) is 3.22. The molecule has 7 heteroatoms. The number of hydrogen-bond acceptors (Lipinski definition) is 4. The van der Waals surface area contributed by atoms with Gasteiger partial charge in [-0.05, 0) is 30.7 Å². The Morgan fingerprint density at radius 1 is 1.19 bits per heavy atom. The molecule has 2 rings (SSSR count). The Kier molecular flexibility index (Phi) is 4.76. The summed E-state index contributed by atoms with van der Waals surface area (Å²) in [5.41, 5.74) is 1.21. The highest BCUT2D eigenvalue weighted by Crippen LogP contribution is 2.17. The SMILES string of the molecule is COC(=O)Nc1ccc(NC(=O)C2CCC(=O)NC2)cc1. The molecule has 112 valence electrons. The van der Waals surface area contributed by atoms with Crippen LogP contribution in [0.15, 0.2) is 24.3 Å². The molecule has 1 fully saturated rings. The Balaban J connectivity index is 1.89. The maximum Gasteiger partial charge on any atom is 0.411 e. The summed E-state index contributed by atoms with van der Waals surface area (Å²) in [6, 6.07) is 6.69. The molecule has 1 saturated heterocycles. The molecule has 0 saturated carbocycles. The van der Waals surface area contributed by atoms with Crippen LogP contribution in [-0.4, -0.2) is 31.6 Å². The van der Waals surface area contributed by atoms with Gasteiger partial charge in [-0.2, -0.15) is 0 Å². The van der Waals surface area contributed by atoms with Gasteiger partial charge in [0.2, 0.25) is 11.8 Å². The first-order chi connectivity index (χ1) is 10.1. The Hall–Kier alpha value is -2.57. The first kappa shape index (κ1) is 14.8. The van der Waals surface area contributed by atoms with E-state index < -0.39 is 6.09 Å². The van der Waals surface area contributed by atoms with Gasteiger partial charge in [0.25, 0.3) is 0 Å². The molecule has 1 aliphatic heterocycles. The van der Waals surface area contributed by atoms with Crippen LogP contribution in [0, 0.1) is 5.92 Å². The van der Waals surface area contributed by atoms with E-state index in [9.17, 15) is 14.4 Å². The van der Waals surface area contributed by atoms with Crippen molar-refractivity contribution in [3.8, 4) is 0 Å². The highest BCUT2D eigenvalue weighted by molar-refractivity contribution is 5.94. The summed E-state index contributed by atoms with van der Waals surface area (Å²) in [7, 11) is 1.28. The zero-order valence-electron chi connectivity index (χ0n) is 11.6. The molecule has 3 amide bonds. The first-order valence-corrected chi connectivity index (χ1v) is 6.61. The number of methoxy groups -OCH3 is 1. The molecule has 0 aromatic heterocycles. The van der Waals surface area contributed by atoms with Gasteiger partial charge >= 0.3 is 6.09 Å². The Bertz CT molecular complexity index is 532. The van der Waals surface area contributed by atoms with Crippen LogP contribution < -0.4 is 16.0 Å². The molecule has 1 atom stereocenters. The predicted octanol–water partition coefficient (Wildman–Crippen LogP) is 1.33. The molecule has 1 unspecified atom stereocenters. The minimum atomic E-state index is -0.551. The highest BCUT2D eigenvalue weighted by Gasteiger charge is 2.24. The quantitative estimate of drug-likeness (QED) is 0.782. The van der Waals surface area contributed by atoms with E-state index in [1.54, 1.807) is 24.3 Å². The maximum atomic E-state index is 12.0.